The number of thiophene rings is 1. The van der Waals surface area contributed by atoms with Crippen LogP contribution in [0.4, 0.5) is 0 Å². The molecule has 0 atom stereocenters. The quantitative estimate of drug-likeness (QED) is 0.179. The normalized spacial score (nSPS) is 11.7. The highest BCUT2D eigenvalue weighted by Crippen LogP contribution is 2.42. The van der Waals surface area contributed by atoms with Crippen LogP contribution in [0.15, 0.2) is 170 Å². The van der Waals surface area contributed by atoms with Crippen LogP contribution in [0.2, 0.25) is 0 Å². The lowest BCUT2D eigenvalue weighted by Gasteiger charge is -2.12. The van der Waals surface area contributed by atoms with Crippen LogP contribution in [0, 0.1) is 0 Å². The van der Waals surface area contributed by atoms with E-state index in [-0.39, 0.29) is 0 Å². The molecule has 0 N–H and O–H groups in total. The Morgan fingerprint density at radius 1 is 0.327 bits per heavy atom. The van der Waals surface area contributed by atoms with E-state index in [9.17, 15) is 0 Å². The molecule has 10 rings (SSSR count). The Hall–Kier alpha value is -6.16. The highest BCUT2D eigenvalue weighted by Gasteiger charge is 2.18. The van der Waals surface area contributed by atoms with Gasteiger partial charge in [0.1, 0.15) is 0 Å². The maximum Gasteiger partial charge on any atom is 0.160 e. The molecule has 0 amide bonds. The third-order valence-electron chi connectivity index (χ3n) is 9.66. The van der Waals surface area contributed by atoms with Gasteiger partial charge in [-0.15, -0.1) is 11.3 Å². The second kappa shape index (κ2) is 11.2. The first-order valence-corrected chi connectivity index (χ1v) is 17.4. The second-order valence-electron chi connectivity index (χ2n) is 12.6. The van der Waals surface area contributed by atoms with Crippen molar-refractivity contribution in [3.8, 4) is 44.9 Å². The fourth-order valence-corrected chi connectivity index (χ4v) is 8.43. The van der Waals surface area contributed by atoms with Crippen LogP contribution < -0.4 is 0 Å². The molecule has 2 aromatic heterocycles. The predicted molar refractivity (Wildman–Crippen MR) is 209 cm³/mol. The van der Waals surface area contributed by atoms with Crippen LogP contribution >= 0.6 is 11.3 Å². The summed E-state index contributed by atoms with van der Waals surface area (Å²) in [7, 11) is 0. The van der Waals surface area contributed by atoms with E-state index in [1.54, 1.807) is 11.3 Å². The van der Waals surface area contributed by atoms with Crippen LogP contribution in [0.3, 0.4) is 0 Å². The van der Waals surface area contributed by atoms with E-state index >= 15 is 0 Å². The van der Waals surface area contributed by atoms with Crippen LogP contribution in [-0.4, -0.2) is 9.97 Å². The summed E-state index contributed by atoms with van der Waals surface area (Å²) in [6.07, 6.45) is 0. The summed E-state index contributed by atoms with van der Waals surface area (Å²) in [5.74, 6) is 0.732. The molecule has 0 spiro atoms. The average Bonchev–Trinajstić information content (AvgIpc) is 3.56. The van der Waals surface area contributed by atoms with Gasteiger partial charge in [0.05, 0.1) is 15.9 Å². The van der Waals surface area contributed by atoms with Gasteiger partial charge in [-0.2, -0.15) is 0 Å². The molecule has 0 aliphatic rings. The molecule has 0 aliphatic carbocycles. The minimum Gasteiger partial charge on any atom is -0.226 e. The van der Waals surface area contributed by atoms with Crippen molar-refractivity contribution in [1.29, 1.82) is 0 Å². The van der Waals surface area contributed by atoms with Crippen molar-refractivity contribution in [2.24, 2.45) is 0 Å². The number of hydrogen-bond acceptors (Lipinski definition) is 3. The molecule has 8 aromatic carbocycles. The van der Waals surface area contributed by atoms with E-state index in [4.69, 9.17) is 9.97 Å². The first-order valence-electron chi connectivity index (χ1n) is 16.6. The van der Waals surface area contributed by atoms with Crippen molar-refractivity contribution >= 4 is 64.0 Å². The highest BCUT2D eigenvalue weighted by atomic mass is 32.1. The first kappa shape index (κ1) is 27.9. The Morgan fingerprint density at radius 3 is 1.55 bits per heavy atom. The van der Waals surface area contributed by atoms with Crippen LogP contribution in [0.25, 0.3) is 97.5 Å². The van der Waals surface area contributed by atoms with Gasteiger partial charge in [-0.1, -0.05) is 146 Å². The van der Waals surface area contributed by atoms with Crippen molar-refractivity contribution in [2.75, 3.05) is 0 Å². The number of nitrogens with zero attached hydrogens (tertiary/aromatic N) is 2. The van der Waals surface area contributed by atoms with Crippen LogP contribution in [0.1, 0.15) is 0 Å². The van der Waals surface area contributed by atoms with Gasteiger partial charge in [0.15, 0.2) is 5.82 Å². The van der Waals surface area contributed by atoms with Gasteiger partial charge in [0.2, 0.25) is 0 Å². The SMILES string of the molecule is c1ccc(-c2ccc3sc4c(-c5ccccc5)nc(-c5cccc(-c6ccc7c8ccccc8c8ccccc8c7c6)c5)nc4c3c2)cc1. The number of hydrogen-bond donors (Lipinski definition) is 0. The molecular weight excluding hydrogens is 613 g/mol. The molecule has 0 fully saturated rings. The number of rotatable bonds is 4. The summed E-state index contributed by atoms with van der Waals surface area (Å²) in [5, 5.41) is 8.82. The average molecular weight is 641 g/mol. The monoisotopic (exact) mass is 640 g/mol. The molecule has 10 aromatic rings. The zero-order valence-corrected chi connectivity index (χ0v) is 27.3. The van der Waals surface area contributed by atoms with Gasteiger partial charge in [-0.05, 0) is 78.8 Å². The molecule has 0 aliphatic heterocycles. The highest BCUT2D eigenvalue weighted by molar-refractivity contribution is 7.26. The van der Waals surface area contributed by atoms with E-state index in [2.05, 4.69) is 170 Å². The van der Waals surface area contributed by atoms with Gasteiger partial charge >= 0.3 is 0 Å². The number of fused-ring (bicyclic) bond motifs is 9. The Kier molecular flexibility index (Phi) is 6.39. The van der Waals surface area contributed by atoms with Crippen molar-refractivity contribution in [1.82, 2.24) is 9.97 Å². The van der Waals surface area contributed by atoms with Crippen molar-refractivity contribution < 1.29 is 0 Å². The Labute approximate surface area is 287 Å². The van der Waals surface area contributed by atoms with Crippen LogP contribution in [-0.2, 0) is 0 Å². The minimum atomic E-state index is 0.732. The lowest BCUT2D eigenvalue weighted by atomic mass is 9.92. The first-order chi connectivity index (χ1) is 24.3. The van der Waals surface area contributed by atoms with E-state index in [1.807, 2.05) is 0 Å². The molecule has 0 unspecified atom stereocenters. The lowest BCUT2D eigenvalue weighted by molar-refractivity contribution is 1.24. The fourth-order valence-electron chi connectivity index (χ4n) is 7.30. The standard InChI is InChI=1S/C46H28N2S/c1-3-12-29(13-4-1)32-23-25-42-41(28-32)44-45(49-42)43(30-14-5-2-6-15-30)47-46(48-44)34-17-11-16-31(26-34)33-22-24-39-37-20-8-7-18-35(37)36-19-9-10-21-38(36)40(39)27-33/h1-28H. The molecule has 49 heavy (non-hydrogen) atoms. The summed E-state index contributed by atoms with van der Waals surface area (Å²) in [4.78, 5) is 10.6. The van der Waals surface area contributed by atoms with Crippen molar-refractivity contribution in [3.05, 3.63) is 170 Å². The van der Waals surface area contributed by atoms with Gasteiger partial charge < -0.3 is 0 Å². The van der Waals surface area contributed by atoms with E-state index < -0.39 is 0 Å². The predicted octanol–water partition coefficient (Wildman–Crippen LogP) is 13.0. The van der Waals surface area contributed by atoms with Gasteiger partial charge in [-0.25, -0.2) is 9.97 Å². The van der Waals surface area contributed by atoms with E-state index in [1.165, 1.54) is 53.7 Å². The summed E-state index contributed by atoms with van der Waals surface area (Å²) in [5.41, 5.74) is 8.76. The summed E-state index contributed by atoms with van der Waals surface area (Å²) in [6, 6.07) is 60.8. The maximum atomic E-state index is 5.31. The summed E-state index contributed by atoms with van der Waals surface area (Å²) < 4.78 is 2.32. The summed E-state index contributed by atoms with van der Waals surface area (Å²) >= 11 is 1.77. The Balaban J connectivity index is 1.17. The molecule has 228 valence electrons. The molecular formula is C46H28N2S. The van der Waals surface area contributed by atoms with Crippen molar-refractivity contribution in [2.45, 2.75) is 0 Å². The molecule has 0 bridgehead atoms. The third-order valence-corrected chi connectivity index (χ3v) is 10.8. The zero-order valence-electron chi connectivity index (χ0n) is 26.5. The molecule has 0 saturated heterocycles. The number of benzene rings is 8. The Bertz CT molecular complexity index is 2840. The maximum absolute atomic E-state index is 5.31. The van der Waals surface area contributed by atoms with E-state index in [0.717, 1.165) is 43.8 Å². The lowest BCUT2D eigenvalue weighted by Crippen LogP contribution is -1.94. The molecule has 2 heterocycles. The zero-order chi connectivity index (χ0) is 32.3. The third kappa shape index (κ3) is 4.62. The van der Waals surface area contributed by atoms with E-state index in [0.29, 0.717) is 0 Å². The molecule has 0 radical (unpaired) electrons. The van der Waals surface area contributed by atoms with Crippen molar-refractivity contribution in [3.63, 3.8) is 0 Å². The van der Waals surface area contributed by atoms with Gasteiger partial charge in [0.25, 0.3) is 0 Å². The second-order valence-corrected chi connectivity index (χ2v) is 13.6. The Morgan fingerprint density at radius 2 is 0.837 bits per heavy atom. The molecule has 2 nitrogen and oxygen atoms in total. The van der Waals surface area contributed by atoms with Crippen LogP contribution in [0.5, 0.6) is 0 Å². The minimum absolute atomic E-state index is 0.732. The topological polar surface area (TPSA) is 25.8 Å². The molecule has 0 saturated carbocycles. The smallest absolute Gasteiger partial charge is 0.160 e. The number of aromatic nitrogens is 2. The largest absolute Gasteiger partial charge is 0.226 e. The van der Waals surface area contributed by atoms with Gasteiger partial charge in [-0.3, -0.25) is 0 Å². The summed E-state index contributed by atoms with van der Waals surface area (Å²) in [6.45, 7) is 0. The van der Waals surface area contributed by atoms with Gasteiger partial charge in [0, 0.05) is 21.2 Å². The molecule has 3 heteroatoms. The fraction of sp³-hybridized carbons (Fsp3) is 0.